The standard InChI is InChI=1S/C11H21BrO/c12-9-7-5-3-1-2-4-6-8-11-10-13-11/h11H,1-10H2. The number of hydrogen-bond donors (Lipinski definition) is 0. The summed E-state index contributed by atoms with van der Waals surface area (Å²) < 4.78 is 5.16. The first-order valence-electron chi connectivity index (χ1n) is 5.61. The lowest BCUT2D eigenvalue weighted by atomic mass is 10.1. The number of alkyl halides is 1. The fraction of sp³-hybridized carbons (Fsp3) is 1.00. The van der Waals surface area contributed by atoms with E-state index in [0.717, 1.165) is 6.61 Å². The van der Waals surface area contributed by atoms with Gasteiger partial charge >= 0.3 is 0 Å². The lowest BCUT2D eigenvalue weighted by Crippen LogP contribution is -1.86. The minimum Gasteiger partial charge on any atom is -0.373 e. The zero-order valence-corrected chi connectivity index (χ0v) is 10.0. The molecular formula is C11H21BrO. The molecule has 78 valence electrons. The van der Waals surface area contributed by atoms with E-state index in [0.29, 0.717) is 6.10 Å². The summed E-state index contributed by atoms with van der Waals surface area (Å²) in [5, 5.41) is 1.17. The Bertz CT molecular complexity index is 113. The molecule has 0 radical (unpaired) electrons. The van der Waals surface area contributed by atoms with Crippen LogP contribution in [0.2, 0.25) is 0 Å². The monoisotopic (exact) mass is 248 g/mol. The molecular weight excluding hydrogens is 228 g/mol. The normalized spacial score (nSPS) is 20.5. The van der Waals surface area contributed by atoms with Gasteiger partial charge < -0.3 is 4.74 Å². The summed E-state index contributed by atoms with van der Waals surface area (Å²) >= 11 is 3.45. The summed E-state index contributed by atoms with van der Waals surface area (Å²) in [4.78, 5) is 0. The third-order valence-corrected chi connectivity index (χ3v) is 3.12. The molecule has 0 aromatic heterocycles. The van der Waals surface area contributed by atoms with Gasteiger partial charge in [0.05, 0.1) is 12.7 Å². The molecule has 0 N–H and O–H groups in total. The molecule has 1 nitrogen and oxygen atoms in total. The smallest absolute Gasteiger partial charge is 0.0810 e. The van der Waals surface area contributed by atoms with Crippen LogP contribution in [0, 0.1) is 0 Å². The maximum atomic E-state index is 5.16. The predicted molar refractivity (Wildman–Crippen MR) is 60.5 cm³/mol. The number of halogens is 1. The lowest BCUT2D eigenvalue weighted by Gasteiger charge is -1.99. The van der Waals surface area contributed by atoms with Gasteiger partial charge in [0.25, 0.3) is 0 Å². The van der Waals surface area contributed by atoms with Gasteiger partial charge in [-0.25, -0.2) is 0 Å². The van der Waals surface area contributed by atoms with Gasteiger partial charge in [-0.3, -0.25) is 0 Å². The summed E-state index contributed by atoms with van der Waals surface area (Å²) in [5.74, 6) is 0. The Kier molecular flexibility index (Phi) is 6.92. The Hall–Kier alpha value is 0.440. The Morgan fingerprint density at radius 2 is 1.46 bits per heavy atom. The number of unbranched alkanes of at least 4 members (excludes halogenated alkanes) is 6. The maximum absolute atomic E-state index is 5.16. The fourth-order valence-electron chi connectivity index (χ4n) is 1.59. The van der Waals surface area contributed by atoms with E-state index in [2.05, 4.69) is 15.9 Å². The van der Waals surface area contributed by atoms with Gasteiger partial charge in [-0.05, 0) is 12.8 Å². The third kappa shape index (κ3) is 7.51. The molecule has 0 amide bonds. The van der Waals surface area contributed by atoms with Crippen molar-refractivity contribution in [3.8, 4) is 0 Å². The lowest BCUT2D eigenvalue weighted by molar-refractivity contribution is 0.387. The van der Waals surface area contributed by atoms with Gasteiger partial charge in [-0.2, -0.15) is 0 Å². The van der Waals surface area contributed by atoms with Crippen molar-refractivity contribution < 1.29 is 4.74 Å². The van der Waals surface area contributed by atoms with Crippen LogP contribution in [-0.4, -0.2) is 18.0 Å². The van der Waals surface area contributed by atoms with Crippen molar-refractivity contribution in [3.05, 3.63) is 0 Å². The highest BCUT2D eigenvalue weighted by molar-refractivity contribution is 9.09. The van der Waals surface area contributed by atoms with E-state index in [-0.39, 0.29) is 0 Å². The second-order valence-corrected chi connectivity index (χ2v) is 4.70. The van der Waals surface area contributed by atoms with E-state index in [4.69, 9.17) is 4.74 Å². The Balaban J connectivity index is 1.63. The van der Waals surface area contributed by atoms with Crippen LogP contribution in [0.5, 0.6) is 0 Å². The van der Waals surface area contributed by atoms with E-state index in [9.17, 15) is 0 Å². The molecule has 0 saturated carbocycles. The zero-order valence-electron chi connectivity index (χ0n) is 8.43. The largest absolute Gasteiger partial charge is 0.373 e. The van der Waals surface area contributed by atoms with Crippen LogP contribution in [0.3, 0.4) is 0 Å². The molecule has 0 aliphatic carbocycles. The molecule has 1 aliphatic heterocycles. The first kappa shape index (κ1) is 11.5. The van der Waals surface area contributed by atoms with Crippen molar-refractivity contribution in [2.75, 3.05) is 11.9 Å². The first-order valence-corrected chi connectivity index (χ1v) is 6.73. The molecule has 1 rings (SSSR count). The first-order chi connectivity index (χ1) is 6.43. The Labute approximate surface area is 90.4 Å². The number of ether oxygens (including phenoxy) is 1. The average Bonchev–Trinajstić information content (AvgIpc) is 2.93. The molecule has 1 atom stereocenters. The van der Waals surface area contributed by atoms with Crippen LogP contribution >= 0.6 is 15.9 Å². The van der Waals surface area contributed by atoms with Crippen LogP contribution in [0.15, 0.2) is 0 Å². The van der Waals surface area contributed by atoms with Crippen molar-refractivity contribution in [1.82, 2.24) is 0 Å². The molecule has 0 spiro atoms. The van der Waals surface area contributed by atoms with Crippen molar-refractivity contribution >= 4 is 15.9 Å². The fourth-order valence-corrected chi connectivity index (χ4v) is 1.98. The second-order valence-electron chi connectivity index (χ2n) is 3.91. The van der Waals surface area contributed by atoms with E-state index < -0.39 is 0 Å². The number of rotatable bonds is 9. The van der Waals surface area contributed by atoms with Crippen molar-refractivity contribution in [3.63, 3.8) is 0 Å². The zero-order chi connectivity index (χ0) is 9.36. The molecule has 1 fully saturated rings. The van der Waals surface area contributed by atoms with E-state index in [1.807, 2.05) is 0 Å². The van der Waals surface area contributed by atoms with Crippen molar-refractivity contribution in [2.45, 2.75) is 57.5 Å². The van der Waals surface area contributed by atoms with Crippen LogP contribution < -0.4 is 0 Å². The summed E-state index contributed by atoms with van der Waals surface area (Å²) in [5.41, 5.74) is 0. The topological polar surface area (TPSA) is 12.5 Å². The van der Waals surface area contributed by atoms with Crippen LogP contribution in [0.4, 0.5) is 0 Å². The minimum absolute atomic E-state index is 0.647. The SMILES string of the molecule is BrCCCCCCCCCC1CO1. The quantitative estimate of drug-likeness (QED) is 0.343. The van der Waals surface area contributed by atoms with Gasteiger partial charge in [0.1, 0.15) is 0 Å². The number of hydrogen-bond acceptors (Lipinski definition) is 1. The summed E-state index contributed by atoms with van der Waals surface area (Å²) in [7, 11) is 0. The Morgan fingerprint density at radius 3 is 2.00 bits per heavy atom. The van der Waals surface area contributed by atoms with Crippen LogP contribution in [-0.2, 0) is 4.74 Å². The third-order valence-electron chi connectivity index (χ3n) is 2.56. The Morgan fingerprint density at radius 1 is 0.923 bits per heavy atom. The second kappa shape index (κ2) is 7.81. The van der Waals surface area contributed by atoms with Gasteiger partial charge in [-0.15, -0.1) is 0 Å². The highest BCUT2D eigenvalue weighted by atomic mass is 79.9. The molecule has 13 heavy (non-hydrogen) atoms. The molecule has 1 unspecified atom stereocenters. The molecule has 0 aromatic carbocycles. The molecule has 0 aromatic rings. The van der Waals surface area contributed by atoms with Crippen molar-refractivity contribution in [2.24, 2.45) is 0 Å². The van der Waals surface area contributed by atoms with E-state index in [1.165, 1.54) is 56.7 Å². The van der Waals surface area contributed by atoms with Crippen LogP contribution in [0.1, 0.15) is 51.4 Å². The molecule has 1 aliphatic rings. The van der Waals surface area contributed by atoms with Gasteiger partial charge in [0, 0.05) is 5.33 Å². The van der Waals surface area contributed by atoms with Gasteiger partial charge in [0.2, 0.25) is 0 Å². The average molecular weight is 249 g/mol. The van der Waals surface area contributed by atoms with Crippen molar-refractivity contribution in [1.29, 1.82) is 0 Å². The highest BCUT2D eigenvalue weighted by Gasteiger charge is 2.20. The summed E-state index contributed by atoms with van der Waals surface area (Å²) in [6.07, 6.45) is 11.8. The van der Waals surface area contributed by atoms with Gasteiger partial charge in [0.15, 0.2) is 0 Å². The molecule has 1 saturated heterocycles. The molecule has 2 heteroatoms. The highest BCUT2D eigenvalue weighted by Crippen LogP contribution is 2.18. The van der Waals surface area contributed by atoms with E-state index >= 15 is 0 Å². The summed E-state index contributed by atoms with van der Waals surface area (Å²) in [6, 6.07) is 0. The molecule has 0 bridgehead atoms. The predicted octanol–water partition coefficient (Wildman–Crippen LogP) is 3.90. The number of epoxide rings is 1. The maximum Gasteiger partial charge on any atom is 0.0810 e. The molecule has 1 heterocycles. The van der Waals surface area contributed by atoms with E-state index in [1.54, 1.807) is 0 Å². The minimum atomic E-state index is 0.647. The summed E-state index contributed by atoms with van der Waals surface area (Å²) in [6.45, 7) is 1.03. The van der Waals surface area contributed by atoms with Gasteiger partial charge in [-0.1, -0.05) is 54.5 Å². The van der Waals surface area contributed by atoms with Crippen LogP contribution in [0.25, 0.3) is 0 Å².